The van der Waals surface area contributed by atoms with Gasteiger partial charge < -0.3 is 5.11 Å². The summed E-state index contributed by atoms with van der Waals surface area (Å²) in [6.45, 7) is 3.25. The van der Waals surface area contributed by atoms with Crippen LogP contribution in [0.25, 0.3) is 0 Å². The molecule has 2 fully saturated rings. The van der Waals surface area contributed by atoms with Gasteiger partial charge in [0, 0.05) is 25.2 Å². The molecule has 0 amide bonds. The van der Waals surface area contributed by atoms with Gasteiger partial charge in [-0.3, -0.25) is 4.90 Å². The standard InChI is InChI=1S/C13H18N2O4S2/c1-8-7-20-11(13(16)17)12(8)21(18,19)14-9-4-5-15(6-9)10-2-3-10/h7,9-10,14H,2-6H2,1H3,(H,16,17). The minimum Gasteiger partial charge on any atom is -0.477 e. The molecule has 8 heteroatoms. The third-order valence-electron chi connectivity index (χ3n) is 3.99. The largest absolute Gasteiger partial charge is 0.477 e. The number of carboxylic acids is 1. The Morgan fingerprint density at radius 2 is 2.14 bits per heavy atom. The predicted molar refractivity (Wildman–Crippen MR) is 79.3 cm³/mol. The summed E-state index contributed by atoms with van der Waals surface area (Å²) in [6.07, 6.45) is 3.18. The van der Waals surface area contributed by atoms with E-state index in [1.807, 2.05) is 0 Å². The highest BCUT2D eigenvalue weighted by Gasteiger charge is 2.37. The van der Waals surface area contributed by atoms with Gasteiger partial charge in [0.1, 0.15) is 9.77 Å². The Bertz CT molecular complexity index is 664. The minimum absolute atomic E-state index is 0.0788. The molecule has 1 saturated heterocycles. The Balaban J connectivity index is 1.78. The van der Waals surface area contributed by atoms with Crippen molar-refractivity contribution in [2.45, 2.75) is 43.2 Å². The monoisotopic (exact) mass is 330 g/mol. The van der Waals surface area contributed by atoms with Crippen LogP contribution in [0.15, 0.2) is 10.3 Å². The number of hydrogen-bond donors (Lipinski definition) is 2. The molecule has 1 unspecified atom stereocenters. The Hall–Kier alpha value is -0.960. The maximum atomic E-state index is 12.5. The van der Waals surface area contributed by atoms with Gasteiger partial charge in [-0.25, -0.2) is 17.9 Å². The summed E-state index contributed by atoms with van der Waals surface area (Å²) in [5.41, 5.74) is 0.488. The predicted octanol–water partition coefficient (Wildman–Crippen LogP) is 1.27. The second kappa shape index (κ2) is 5.35. The molecule has 1 saturated carbocycles. The van der Waals surface area contributed by atoms with E-state index in [1.165, 1.54) is 12.8 Å². The van der Waals surface area contributed by atoms with Crippen molar-refractivity contribution in [1.29, 1.82) is 0 Å². The van der Waals surface area contributed by atoms with Gasteiger partial charge in [0.15, 0.2) is 0 Å². The fourth-order valence-electron chi connectivity index (χ4n) is 2.85. The number of aromatic carboxylic acids is 1. The summed E-state index contributed by atoms with van der Waals surface area (Å²) >= 11 is 0.955. The highest BCUT2D eigenvalue weighted by Crippen LogP contribution is 2.31. The highest BCUT2D eigenvalue weighted by molar-refractivity contribution is 7.89. The van der Waals surface area contributed by atoms with Gasteiger partial charge in [0.05, 0.1) is 0 Å². The Morgan fingerprint density at radius 3 is 2.76 bits per heavy atom. The number of hydrogen-bond acceptors (Lipinski definition) is 5. The number of thiophene rings is 1. The molecule has 0 bridgehead atoms. The number of sulfonamides is 1. The van der Waals surface area contributed by atoms with Crippen LogP contribution < -0.4 is 4.72 Å². The van der Waals surface area contributed by atoms with Crippen molar-refractivity contribution in [3.63, 3.8) is 0 Å². The van der Waals surface area contributed by atoms with Crippen LogP contribution in [0.5, 0.6) is 0 Å². The molecule has 1 aliphatic carbocycles. The molecule has 2 aliphatic rings. The lowest BCUT2D eigenvalue weighted by molar-refractivity contribution is 0.0698. The molecule has 0 radical (unpaired) electrons. The number of nitrogens with one attached hydrogen (secondary N) is 1. The van der Waals surface area contributed by atoms with Gasteiger partial charge in [-0.05, 0) is 37.1 Å². The molecule has 2 heterocycles. The zero-order valence-electron chi connectivity index (χ0n) is 11.7. The van der Waals surface area contributed by atoms with Crippen LogP contribution in [-0.4, -0.2) is 49.6 Å². The molecule has 3 rings (SSSR count). The van der Waals surface area contributed by atoms with Crippen LogP contribution in [-0.2, 0) is 10.0 Å². The number of rotatable bonds is 5. The summed E-state index contributed by atoms with van der Waals surface area (Å²) in [6, 6.07) is 0.494. The van der Waals surface area contributed by atoms with Crippen LogP contribution in [0.1, 0.15) is 34.5 Å². The summed E-state index contributed by atoms with van der Waals surface area (Å²) in [5, 5.41) is 10.7. The first-order valence-corrected chi connectivity index (χ1v) is 9.32. The third-order valence-corrected chi connectivity index (χ3v) is 6.91. The van der Waals surface area contributed by atoms with E-state index in [1.54, 1.807) is 12.3 Å². The summed E-state index contributed by atoms with van der Waals surface area (Å²) in [4.78, 5) is 13.3. The molecule has 116 valence electrons. The fraction of sp³-hybridized carbons (Fsp3) is 0.615. The zero-order chi connectivity index (χ0) is 15.2. The summed E-state index contributed by atoms with van der Waals surface area (Å²) in [5.74, 6) is -1.19. The lowest BCUT2D eigenvalue weighted by Crippen LogP contribution is -2.38. The Morgan fingerprint density at radius 1 is 1.43 bits per heavy atom. The van der Waals surface area contributed by atoms with E-state index in [9.17, 15) is 13.2 Å². The average Bonchev–Trinajstić information content (AvgIpc) is 3.01. The van der Waals surface area contributed by atoms with E-state index in [-0.39, 0.29) is 15.8 Å². The van der Waals surface area contributed by atoms with Gasteiger partial charge in [-0.2, -0.15) is 0 Å². The van der Waals surface area contributed by atoms with Crippen molar-refractivity contribution in [1.82, 2.24) is 9.62 Å². The summed E-state index contributed by atoms with van der Waals surface area (Å²) in [7, 11) is -3.78. The van der Waals surface area contributed by atoms with Gasteiger partial charge in [0.25, 0.3) is 0 Å². The third kappa shape index (κ3) is 2.98. The lowest BCUT2D eigenvalue weighted by atomic mass is 10.3. The second-order valence-electron chi connectivity index (χ2n) is 5.72. The number of carbonyl (C=O) groups is 1. The van der Waals surface area contributed by atoms with Crippen molar-refractivity contribution < 1.29 is 18.3 Å². The van der Waals surface area contributed by atoms with Gasteiger partial charge in [0.2, 0.25) is 10.0 Å². The first kappa shape index (κ1) is 15.0. The minimum atomic E-state index is -3.78. The van der Waals surface area contributed by atoms with Crippen molar-refractivity contribution in [2.24, 2.45) is 0 Å². The highest BCUT2D eigenvalue weighted by atomic mass is 32.2. The number of carboxylic acid groups (broad SMARTS) is 1. The molecule has 1 atom stereocenters. The molecule has 0 aromatic carbocycles. The second-order valence-corrected chi connectivity index (χ2v) is 8.25. The number of aryl methyl sites for hydroxylation is 1. The quantitative estimate of drug-likeness (QED) is 0.849. The smallest absolute Gasteiger partial charge is 0.347 e. The molecular formula is C13H18N2O4S2. The molecule has 1 aromatic rings. The van der Waals surface area contributed by atoms with Crippen LogP contribution in [0, 0.1) is 6.92 Å². The van der Waals surface area contributed by atoms with Crippen LogP contribution in [0.2, 0.25) is 0 Å². The lowest BCUT2D eigenvalue weighted by Gasteiger charge is -2.16. The Kier molecular flexibility index (Phi) is 3.81. The number of likely N-dealkylation sites (tertiary alicyclic amines) is 1. The first-order chi connectivity index (χ1) is 9.88. The van der Waals surface area contributed by atoms with Gasteiger partial charge >= 0.3 is 5.97 Å². The van der Waals surface area contributed by atoms with E-state index < -0.39 is 16.0 Å². The maximum Gasteiger partial charge on any atom is 0.347 e. The van der Waals surface area contributed by atoms with Crippen LogP contribution in [0.3, 0.4) is 0 Å². The fourth-order valence-corrected chi connectivity index (χ4v) is 5.74. The molecule has 0 spiro atoms. The molecule has 1 aromatic heterocycles. The van der Waals surface area contributed by atoms with Crippen molar-refractivity contribution in [3.8, 4) is 0 Å². The molecule has 1 aliphatic heterocycles. The van der Waals surface area contributed by atoms with E-state index in [4.69, 9.17) is 5.11 Å². The Labute approximate surface area is 127 Å². The van der Waals surface area contributed by atoms with Gasteiger partial charge in [-0.15, -0.1) is 11.3 Å². The molecule has 21 heavy (non-hydrogen) atoms. The van der Waals surface area contributed by atoms with E-state index in [0.717, 1.165) is 30.8 Å². The first-order valence-electron chi connectivity index (χ1n) is 6.96. The van der Waals surface area contributed by atoms with Crippen molar-refractivity contribution in [3.05, 3.63) is 15.8 Å². The normalized spacial score (nSPS) is 23.6. The number of nitrogens with zero attached hydrogens (tertiary/aromatic N) is 1. The van der Waals surface area contributed by atoms with Crippen molar-refractivity contribution in [2.75, 3.05) is 13.1 Å². The summed E-state index contributed by atoms with van der Waals surface area (Å²) < 4.78 is 27.7. The van der Waals surface area contributed by atoms with Crippen LogP contribution >= 0.6 is 11.3 Å². The van der Waals surface area contributed by atoms with Gasteiger partial charge in [-0.1, -0.05) is 0 Å². The van der Waals surface area contributed by atoms with E-state index in [0.29, 0.717) is 11.6 Å². The topological polar surface area (TPSA) is 86.7 Å². The van der Waals surface area contributed by atoms with E-state index in [2.05, 4.69) is 9.62 Å². The van der Waals surface area contributed by atoms with Crippen LogP contribution in [0.4, 0.5) is 0 Å². The molecule has 2 N–H and O–H groups in total. The average molecular weight is 330 g/mol. The maximum absolute atomic E-state index is 12.5. The zero-order valence-corrected chi connectivity index (χ0v) is 13.3. The SMILES string of the molecule is Cc1csc(C(=O)O)c1S(=O)(=O)NC1CCN(C2CC2)C1. The van der Waals surface area contributed by atoms with E-state index >= 15 is 0 Å². The van der Waals surface area contributed by atoms with Crippen molar-refractivity contribution >= 4 is 27.3 Å². The molecular weight excluding hydrogens is 312 g/mol. The molecule has 6 nitrogen and oxygen atoms in total.